The first-order valence-electron chi connectivity index (χ1n) is 6.74. The van der Waals surface area contributed by atoms with Crippen LogP contribution in [0.3, 0.4) is 0 Å². The van der Waals surface area contributed by atoms with Gasteiger partial charge in [0.25, 0.3) is 0 Å². The Bertz CT molecular complexity index is 556. The lowest BCUT2D eigenvalue weighted by Crippen LogP contribution is -2.24. The van der Waals surface area contributed by atoms with E-state index in [4.69, 9.17) is 0 Å². The van der Waals surface area contributed by atoms with E-state index in [0.29, 0.717) is 31.0 Å². The fourth-order valence-electron chi connectivity index (χ4n) is 2.31. The molecule has 21 heavy (non-hydrogen) atoms. The third kappa shape index (κ3) is 4.87. The standard InChI is InChI=1S/C13H17F3N2O2S/c14-13(15,16)12-2-1-11(9-18-12)17-6-3-10-4-7-21(19,20)8-5-10/h1-2,9-10,17H,3-8H2. The minimum absolute atomic E-state index is 0.236. The van der Waals surface area contributed by atoms with Crippen LogP contribution in [0.15, 0.2) is 18.3 Å². The summed E-state index contributed by atoms with van der Waals surface area (Å²) in [6, 6.07) is 2.29. The first kappa shape index (κ1) is 16.1. The highest BCUT2D eigenvalue weighted by molar-refractivity contribution is 7.91. The van der Waals surface area contributed by atoms with Crippen LogP contribution in [0.1, 0.15) is 25.0 Å². The second-order valence-electron chi connectivity index (χ2n) is 5.24. The number of pyridine rings is 1. The third-order valence-electron chi connectivity index (χ3n) is 3.61. The van der Waals surface area contributed by atoms with Gasteiger partial charge in [-0.25, -0.2) is 13.4 Å². The molecule has 2 heterocycles. The van der Waals surface area contributed by atoms with Gasteiger partial charge in [0.05, 0.1) is 23.4 Å². The maximum absolute atomic E-state index is 12.3. The summed E-state index contributed by atoms with van der Waals surface area (Å²) in [5.74, 6) is 0.822. The molecule has 1 aromatic heterocycles. The van der Waals surface area contributed by atoms with Crippen LogP contribution in [0.2, 0.25) is 0 Å². The Kier molecular flexibility index (Phi) is 4.75. The fraction of sp³-hybridized carbons (Fsp3) is 0.615. The zero-order valence-electron chi connectivity index (χ0n) is 11.4. The summed E-state index contributed by atoms with van der Waals surface area (Å²) >= 11 is 0. The Balaban J connectivity index is 1.76. The molecular weight excluding hydrogens is 305 g/mol. The van der Waals surface area contributed by atoms with Crippen molar-refractivity contribution in [3.63, 3.8) is 0 Å². The van der Waals surface area contributed by atoms with Crippen LogP contribution in [0.5, 0.6) is 0 Å². The summed E-state index contributed by atoms with van der Waals surface area (Å²) in [6.07, 6.45) is -1.14. The molecule has 1 fully saturated rings. The second kappa shape index (κ2) is 6.21. The minimum Gasteiger partial charge on any atom is -0.384 e. The molecule has 4 nitrogen and oxygen atoms in total. The average Bonchev–Trinajstić information content (AvgIpc) is 2.40. The van der Waals surface area contributed by atoms with Crippen molar-refractivity contribution in [1.29, 1.82) is 0 Å². The van der Waals surface area contributed by atoms with Crippen molar-refractivity contribution >= 4 is 15.5 Å². The van der Waals surface area contributed by atoms with Crippen molar-refractivity contribution in [1.82, 2.24) is 4.98 Å². The minimum atomic E-state index is -4.42. The van der Waals surface area contributed by atoms with Crippen molar-refractivity contribution in [3.8, 4) is 0 Å². The third-order valence-corrected chi connectivity index (χ3v) is 5.33. The van der Waals surface area contributed by atoms with Gasteiger partial charge in [0.15, 0.2) is 0 Å². The van der Waals surface area contributed by atoms with Crippen LogP contribution in [-0.4, -0.2) is 31.5 Å². The SMILES string of the molecule is O=S1(=O)CCC(CCNc2ccc(C(F)(F)F)nc2)CC1. The van der Waals surface area contributed by atoms with Crippen molar-refractivity contribution in [2.45, 2.75) is 25.4 Å². The first-order valence-corrected chi connectivity index (χ1v) is 8.56. The van der Waals surface area contributed by atoms with Crippen LogP contribution in [-0.2, 0) is 16.0 Å². The number of hydrogen-bond donors (Lipinski definition) is 1. The molecule has 0 bridgehead atoms. The molecule has 0 aromatic carbocycles. The summed E-state index contributed by atoms with van der Waals surface area (Å²) < 4.78 is 59.6. The highest BCUT2D eigenvalue weighted by Gasteiger charge is 2.32. The fourth-order valence-corrected chi connectivity index (χ4v) is 3.90. The molecular formula is C13H17F3N2O2S. The van der Waals surface area contributed by atoms with Crippen molar-refractivity contribution in [2.24, 2.45) is 5.92 Å². The van der Waals surface area contributed by atoms with Crippen LogP contribution < -0.4 is 5.32 Å². The summed E-state index contributed by atoms with van der Waals surface area (Å²) in [4.78, 5) is 3.37. The summed E-state index contributed by atoms with van der Waals surface area (Å²) in [7, 11) is -2.85. The molecule has 0 saturated carbocycles. The van der Waals surface area contributed by atoms with Crippen LogP contribution in [0.25, 0.3) is 0 Å². The lowest BCUT2D eigenvalue weighted by atomic mass is 9.99. The van der Waals surface area contributed by atoms with Crippen LogP contribution in [0, 0.1) is 5.92 Å². The first-order chi connectivity index (χ1) is 9.76. The Morgan fingerprint density at radius 3 is 2.43 bits per heavy atom. The highest BCUT2D eigenvalue weighted by atomic mass is 32.2. The molecule has 1 saturated heterocycles. The molecule has 0 aliphatic carbocycles. The number of anilines is 1. The van der Waals surface area contributed by atoms with E-state index in [0.717, 1.165) is 18.7 Å². The summed E-state index contributed by atoms with van der Waals surface area (Å²) in [6.45, 7) is 0.595. The van der Waals surface area contributed by atoms with Gasteiger partial charge in [-0.05, 0) is 37.3 Å². The largest absolute Gasteiger partial charge is 0.433 e. The van der Waals surface area contributed by atoms with Crippen LogP contribution in [0.4, 0.5) is 18.9 Å². The molecule has 0 radical (unpaired) electrons. The molecule has 8 heteroatoms. The second-order valence-corrected chi connectivity index (χ2v) is 7.54. The Morgan fingerprint density at radius 2 is 1.90 bits per heavy atom. The van der Waals surface area contributed by atoms with Crippen molar-refractivity contribution < 1.29 is 21.6 Å². The molecule has 0 atom stereocenters. The molecule has 118 valence electrons. The molecule has 1 aliphatic rings. The quantitative estimate of drug-likeness (QED) is 0.926. The maximum atomic E-state index is 12.3. The molecule has 0 unspecified atom stereocenters. The lowest BCUT2D eigenvalue weighted by molar-refractivity contribution is -0.141. The van der Waals surface area contributed by atoms with E-state index in [2.05, 4.69) is 10.3 Å². The van der Waals surface area contributed by atoms with Crippen LogP contribution >= 0.6 is 0 Å². The van der Waals surface area contributed by atoms with E-state index >= 15 is 0 Å². The predicted molar refractivity (Wildman–Crippen MR) is 73.7 cm³/mol. The van der Waals surface area contributed by atoms with Gasteiger partial charge in [0.2, 0.25) is 0 Å². The van der Waals surface area contributed by atoms with E-state index in [1.165, 1.54) is 6.07 Å². The topological polar surface area (TPSA) is 59.1 Å². The number of hydrogen-bond acceptors (Lipinski definition) is 4. The van der Waals surface area contributed by atoms with E-state index in [9.17, 15) is 21.6 Å². The number of nitrogens with zero attached hydrogens (tertiary/aromatic N) is 1. The maximum Gasteiger partial charge on any atom is 0.433 e. The smallest absolute Gasteiger partial charge is 0.384 e. The van der Waals surface area contributed by atoms with Gasteiger partial charge in [0.1, 0.15) is 15.5 Å². The number of halogens is 3. The molecule has 1 aromatic rings. The van der Waals surface area contributed by atoms with E-state index < -0.39 is 21.7 Å². The zero-order valence-corrected chi connectivity index (χ0v) is 12.2. The van der Waals surface area contributed by atoms with Gasteiger partial charge in [-0.2, -0.15) is 13.2 Å². The van der Waals surface area contributed by atoms with Gasteiger partial charge in [0, 0.05) is 6.54 Å². The Hall–Kier alpha value is -1.31. The van der Waals surface area contributed by atoms with Gasteiger partial charge in [-0.15, -0.1) is 0 Å². The molecule has 1 N–H and O–H groups in total. The highest BCUT2D eigenvalue weighted by Crippen LogP contribution is 2.28. The predicted octanol–water partition coefficient (Wildman–Crippen LogP) is 2.73. The van der Waals surface area contributed by atoms with E-state index in [-0.39, 0.29) is 11.5 Å². The summed E-state index contributed by atoms with van der Waals surface area (Å²) in [5.41, 5.74) is -0.378. The summed E-state index contributed by atoms with van der Waals surface area (Å²) in [5, 5.41) is 3.01. The number of alkyl halides is 3. The number of rotatable bonds is 4. The number of sulfone groups is 1. The van der Waals surface area contributed by atoms with E-state index in [1.54, 1.807) is 0 Å². The normalized spacial score (nSPS) is 19.4. The molecule has 2 rings (SSSR count). The Morgan fingerprint density at radius 1 is 1.24 bits per heavy atom. The number of aromatic nitrogens is 1. The monoisotopic (exact) mass is 322 g/mol. The lowest BCUT2D eigenvalue weighted by Gasteiger charge is -2.22. The number of nitrogens with one attached hydrogen (secondary N) is 1. The molecule has 0 amide bonds. The van der Waals surface area contributed by atoms with Crippen molar-refractivity contribution in [3.05, 3.63) is 24.0 Å². The van der Waals surface area contributed by atoms with Gasteiger partial charge < -0.3 is 5.32 Å². The molecule has 1 aliphatic heterocycles. The van der Waals surface area contributed by atoms with Gasteiger partial charge in [-0.1, -0.05) is 0 Å². The zero-order chi connectivity index (χ0) is 15.5. The van der Waals surface area contributed by atoms with Crippen molar-refractivity contribution in [2.75, 3.05) is 23.4 Å². The molecule has 0 spiro atoms. The Labute approximate surface area is 121 Å². The average molecular weight is 322 g/mol. The van der Waals surface area contributed by atoms with Gasteiger partial charge in [-0.3, -0.25) is 0 Å². The van der Waals surface area contributed by atoms with E-state index in [1.807, 2.05) is 0 Å². The van der Waals surface area contributed by atoms with Gasteiger partial charge >= 0.3 is 6.18 Å².